The van der Waals surface area contributed by atoms with Crippen LogP contribution in [-0.2, 0) is 4.74 Å². The lowest BCUT2D eigenvalue weighted by Crippen LogP contribution is -2.06. The second-order valence-electron chi connectivity index (χ2n) is 4.10. The monoisotopic (exact) mass is 361 g/mol. The number of carbonyl (C=O) groups excluding carboxylic acids is 1. The van der Waals surface area contributed by atoms with E-state index in [4.69, 9.17) is 10.00 Å². The molecule has 0 amide bonds. The van der Waals surface area contributed by atoms with Gasteiger partial charge in [0.15, 0.2) is 0 Å². The normalized spacial score (nSPS) is 9.95. The van der Waals surface area contributed by atoms with Gasteiger partial charge in [-0.2, -0.15) is 5.26 Å². The lowest BCUT2D eigenvalue weighted by Gasteiger charge is -2.09. The van der Waals surface area contributed by atoms with Crippen LogP contribution in [0.4, 0.5) is 0 Å². The van der Waals surface area contributed by atoms with Gasteiger partial charge >= 0.3 is 5.97 Å². The predicted molar refractivity (Wildman–Crippen MR) is 85.4 cm³/mol. The van der Waals surface area contributed by atoms with Crippen LogP contribution in [0.1, 0.15) is 22.8 Å². The Morgan fingerprint density at radius 1 is 1.29 bits per heavy atom. The van der Waals surface area contributed by atoms with Crippen molar-refractivity contribution < 1.29 is 9.53 Å². The fraction of sp³-hybridized carbons (Fsp3) is 0.125. The molecule has 106 valence electrons. The van der Waals surface area contributed by atoms with E-state index in [2.05, 4.69) is 15.9 Å². The Balaban J connectivity index is 2.35. The molecule has 0 N–H and O–H groups in total. The summed E-state index contributed by atoms with van der Waals surface area (Å²) in [6.45, 7) is 2.06. The van der Waals surface area contributed by atoms with Crippen molar-refractivity contribution in [2.45, 2.75) is 16.7 Å². The molecule has 0 aliphatic rings. The lowest BCUT2D eigenvalue weighted by molar-refractivity contribution is 0.0522. The molecule has 0 unspecified atom stereocenters. The molecule has 0 aliphatic carbocycles. The van der Waals surface area contributed by atoms with Crippen molar-refractivity contribution >= 4 is 33.7 Å². The largest absolute Gasteiger partial charge is 0.462 e. The molecule has 2 rings (SSSR count). The van der Waals surface area contributed by atoms with Gasteiger partial charge in [0.2, 0.25) is 0 Å². The summed E-state index contributed by atoms with van der Waals surface area (Å²) < 4.78 is 6.05. The van der Waals surface area contributed by atoms with Gasteiger partial charge in [0, 0.05) is 14.3 Å². The second-order valence-corrected chi connectivity index (χ2v) is 6.13. The molecule has 0 bridgehead atoms. The molecule has 0 radical (unpaired) electrons. The number of halogens is 1. The van der Waals surface area contributed by atoms with Crippen molar-refractivity contribution in [3.8, 4) is 6.07 Å². The summed E-state index contributed by atoms with van der Waals surface area (Å²) >= 11 is 4.85. The highest BCUT2D eigenvalue weighted by atomic mass is 79.9. The molecule has 0 aromatic heterocycles. The highest BCUT2D eigenvalue weighted by Crippen LogP contribution is 2.32. The zero-order valence-corrected chi connectivity index (χ0v) is 13.7. The van der Waals surface area contributed by atoms with Gasteiger partial charge < -0.3 is 4.74 Å². The zero-order chi connectivity index (χ0) is 15.2. The highest BCUT2D eigenvalue weighted by molar-refractivity contribution is 9.10. The zero-order valence-electron chi connectivity index (χ0n) is 11.3. The summed E-state index contributed by atoms with van der Waals surface area (Å²) in [6.07, 6.45) is 0. The Morgan fingerprint density at radius 2 is 2.00 bits per heavy atom. The van der Waals surface area contributed by atoms with Crippen molar-refractivity contribution in [2.75, 3.05) is 6.61 Å². The molecular formula is C16H12BrNO2S. The van der Waals surface area contributed by atoms with Crippen LogP contribution in [0.25, 0.3) is 0 Å². The van der Waals surface area contributed by atoms with Crippen LogP contribution in [-0.4, -0.2) is 12.6 Å². The molecule has 0 heterocycles. The quantitative estimate of drug-likeness (QED) is 0.743. The molecule has 2 aromatic carbocycles. The summed E-state index contributed by atoms with van der Waals surface area (Å²) in [6, 6.07) is 14.9. The first-order valence-electron chi connectivity index (χ1n) is 6.28. The summed E-state index contributed by atoms with van der Waals surface area (Å²) in [4.78, 5) is 13.8. The minimum absolute atomic E-state index is 0.304. The molecular weight excluding hydrogens is 350 g/mol. The van der Waals surface area contributed by atoms with Crippen LogP contribution in [0.2, 0.25) is 0 Å². The molecule has 0 spiro atoms. The molecule has 0 fully saturated rings. The van der Waals surface area contributed by atoms with Crippen LogP contribution in [0.3, 0.4) is 0 Å². The Morgan fingerprint density at radius 3 is 2.62 bits per heavy atom. The molecule has 5 heteroatoms. The first-order valence-corrected chi connectivity index (χ1v) is 7.89. The lowest BCUT2D eigenvalue weighted by atomic mass is 10.1. The van der Waals surface area contributed by atoms with Crippen LogP contribution >= 0.6 is 27.7 Å². The Bertz CT molecular complexity index is 692. The number of benzene rings is 2. The minimum atomic E-state index is -0.408. The molecule has 21 heavy (non-hydrogen) atoms. The van der Waals surface area contributed by atoms with Crippen molar-refractivity contribution in [3.05, 3.63) is 58.1 Å². The maximum atomic E-state index is 12.0. The Hall–Kier alpha value is -1.77. The number of rotatable bonds is 4. The van der Waals surface area contributed by atoms with Gasteiger partial charge in [-0.1, -0.05) is 27.7 Å². The average molecular weight is 362 g/mol. The van der Waals surface area contributed by atoms with Crippen LogP contribution < -0.4 is 0 Å². The highest BCUT2D eigenvalue weighted by Gasteiger charge is 2.14. The van der Waals surface area contributed by atoms with Crippen LogP contribution in [0.15, 0.2) is 56.7 Å². The third-order valence-corrected chi connectivity index (χ3v) is 4.26. The number of nitrogens with zero attached hydrogens (tertiary/aromatic N) is 1. The summed E-state index contributed by atoms with van der Waals surface area (Å²) in [5.74, 6) is -0.408. The number of nitriles is 1. The molecule has 3 nitrogen and oxygen atoms in total. The van der Waals surface area contributed by atoms with Crippen molar-refractivity contribution in [1.82, 2.24) is 0 Å². The van der Waals surface area contributed by atoms with E-state index in [0.29, 0.717) is 17.7 Å². The van der Waals surface area contributed by atoms with Gasteiger partial charge in [0.05, 0.1) is 23.8 Å². The van der Waals surface area contributed by atoms with E-state index in [-0.39, 0.29) is 0 Å². The maximum absolute atomic E-state index is 12.0. The van der Waals surface area contributed by atoms with Gasteiger partial charge in [-0.05, 0) is 49.4 Å². The third kappa shape index (κ3) is 4.10. The van der Waals surface area contributed by atoms with Gasteiger partial charge in [0.25, 0.3) is 0 Å². The van der Waals surface area contributed by atoms with E-state index in [1.807, 2.05) is 30.3 Å². The van der Waals surface area contributed by atoms with Gasteiger partial charge in [0.1, 0.15) is 0 Å². The first-order chi connectivity index (χ1) is 10.1. The average Bonchev–Trinajstić information content (AvgIpc) is 2.50. The first kappa shape index (κ1) is 15.6. The van der Waals surface area contributed by atoms with E-state index in [9.17, 15) is 4.79 Å². The fourth-order valence-electron chi connectivity index (χ4n) is 1.69. The topological polar surface area (TPSA) is 50.1 Å². The van der Waals surface area contributed by atoms with Crippen LogP contribution in [0, 0.1) is 11.3 Å². The molecule has 0 aliphatic heterocycles. The number of carbonyl (C=O) groups is 1. The Kier molecular flexibility index (Phi) is 5.43. The van der Waals surface area contributed by atoms with E-state index in [1.54, 1.807) is 25.1 Å². The second kappa shape index (κ2) is 7.30. The molecule has 0 atom stereocenters. The summed E-state index contributed by atoms with van der Waals surface area (Å²) in [7, 11) is 0. The van der Waals surface area contributed by atoms with Gasteiger partial charge in [-0.25, -0.2) is 4.79 Å². The van der Waals surface area contributed by atoms with Crippen molar-refractivity contribution in [3.63, 3.8) is 0 Å². The number of ether oxygens (including phenoxy) is 1. The fourth-order valence-corrected chi connectivity index (χ4v) is 2.87. The van der Waals surface area contributed by atoms with Gasteiger partial charge in [-0.3, -0.25) is 0 Å². The summed E-state index contributed by atoms with van der Waals surface area (Å²) in [5, 5.41) is 8.97. The number of hydrogen-bond donors (Lipinski definition) is 0. The van der Waals surface area contributed by atoms with E-state index in [0.717, 1.165) is 14.3 Å². The smallest absolute Gasteiger partial charge is 0.339 e. The molecule has 0 saturated carbocycles. The van der Waals surface area contributed by atoms with Gasteiger partial charge in [-0.15, -0.1) is 0 Å². The van der Waals surface area contributed by atoms with E-state index >= 15 is 0 Å². The van der Waals surface area contributed by atoms with E-state index in [1.165, 1.54) is 11.8 Å². The molecule has 0 saturated heterocycles. The summed E-state index contributed by atoms with van der Waals surface area (Å²) in [5.41, 5.74) is 0.863. The van der Waals surface area contributed by atoms with Crippen molar-refractivity contribution in [2.24, 2.45) is 0 Å². The Labute approximate surface area is 136 Å². The number of hydrogen-bond acceptors (Lipinski definition) is 4. The maximum Gasteiger partial charge on any atom is 0.339 e. The minimum Gasteiger partial charge on any atom is -0.462 e. The molecule has 2 aromatic rings. The number of esters is 1. The predicted octanol–water partition coefficient (Wildman–Crippen LogP) is 4.65. The van der Waals surface area contributed by atoms with Crippen LogP contribution in [0.5, 0.6) is 0 Å². The van der Waals surface area contributed by atoms with E-state index < -0.39 is 5.97 Å². The standard InChI is InChI=1S/C16H12BrNO2S/c1-2-20-16(19)14-9-11(10-18)3-8-15(14)21-13-6-4-12(17)5-7-13/h3-9H,2H2,1H3. The van der Waals surface area contributed by atoms with Crippen molar-refractivity contribution in [1.29, 1.82) is 5.26 Å². The third-order valence-electron chi connectivity index (χ3n) is 2.65. The SMILES string of the molecule is CCOC(=O)c1cc(C#N)ccc1Sc1ccc(Br)cc1.